The van der Waals surface area contributed by atoms with Crippen molar-refractivity contribution < 1.29 is 24.2 Å². The Kier molecular flexibility index (Phi) is 6.62. The van der Waals surface area contributed by atoms with Crippen molar-refractivity contribution in [2.24, 2.45) is 11.3 Å². The van der Waals surface area contributed by atoms with Crippen molar-refractivity contribution in [2.45, 2.75) is 64.5 Å². The number of carbonyl (C=O) groups excluding carboxylic acids is 2. The molecule has 1 fully saturated rings. The molecule has 2 aromatic carbocycles. The Morgan fingerprint density at radius 1 is 0.943 bits per heavy atom. The van der Waals surface area contributed by atoms with Gasteiger partial charge in [0.1, 0.15) is 6.61 Å². The quantitative estimate of drug-likeness (QED) is 0.535. The van der Waals surface area contributed by atoms with Crippen molar-refractivity contribution in [1.29, 1.82) is 0 Å². The van der Waals surface area contributed by atoms with Gasteiger partial charge in [-0.25, -0.2) is 4.79 Å². The van der Waals surface area contributed by atoms with E-state index in [0.29, 0.717) is 19.3 Å². The smallest absolute Gasteiger partial charge is 0.407 e. The molecular formula is C28H34N2O5. The Morgan fingerprint density at radius 2 is 1.51 bits per heavy atom. The molecule has 186 valence electrons. The highest BCUT2D eigenvalue weighted by molar-refractivity contribution is 5.83. The zero-order valence-corrected chi connectivity index (χ0v) is 20.8. The van der Waals surface area contributed by atoms with E-state index in [2.05, 4.69) is 34.9 Å². The van der Waals surface area contributed by atoms with Gasteiger partial charge in [-0.05, 0) is 69.2 Å². The van der Waals surface area contributed by atoms with Gasteiger partial charge in [-0.15, -0.1) is 0 Å². The number of benzene rings is 2. The second kappa shape index (κ2) is 9.36. The molecule has 7 heteroatoms. The number of nitrogens with one attached hydrogen (secondary N) is 2. The van der Waals surface area contributed by atoms with E-state index in [0.717, 1.165) is 11.1 Å². The molecule has 0 aliphatic heterocycles. The highest BCUT2D eigenvalue weighted by Crippen LogP contribution is 2.44. The summed E-state index contributed by atoms with van der Waals surface area (Å²) in [5.41, 5.74) is 2.62. The molecule has 2 atom stereocenters. The third-order valence-electron chi connectivity index (χ3n) is 8.00. The summed E-state index contributed by atoms with van der Waals surface area (Å²) in [5.74, 6) is -1.43. The van der Waals surface area contributed by atoms with Crippen molar-refractivity contribution in [3.63, 3.8) is 0 Å². The fourth-order valence-electron chi connectivity index (χ4n) is 4.99. The molecule has 35 heavy (non-hydrogen) atoms. The van der Waals surface area contributed by atoms with Gasteiger partial charge in [0.2, 0.25) is 5.91 Å². The van der Waals surface area contributed by atoms with Gasteiger partial charge in [0.25, 0.3) is 0 Å². The average molecular weight is 479 g/mol. The standard InChI is InChI=1S/C28H34N2O5/c1-27(2,25(32)33)28(3,4)30-24(31)17-13-14-18(15-17)29-26(34)35-16-23-21-11-7-5-9-19(21)20-10-6-8-12-22(20)23/h5-12,17-18,23H,13-16H2,1-4H3,(H,29,34)(H,30,31)(H,32,33)/t17-,18+/m1/s1. The Labute approximate surface area is 206 Å². The van der Waals surface area contributed by atoms with Crippen LogP contribution in [0.3, 0.4) is 0 Å². The number of hydrogen-bond acceptors (Lipinski definition) is 4. The van der Waals surface area contributed by atoms with Crippen molar-refractivity contribution in [3.05, 3.63) is 59.7 Å². The monoisotopic (exact) mass is 478 g/mol. The largest absolute Gasteiger partial charge is 0.481 e. The Balaban J connectivity index is 1.30. The zero-order valence-electron chi connectivity index (χ0n) is 20.8. The molecule has 0 heterocycles. The van der Waals surface area contributed by atoms with E-state index in [1.807, 2.05) is 24.3 Å². The first-order valence-corrected chi connectivity index (χ1v) is 12.2. The summed E-state index contributed by atoms with van der Waals surface area (Å²) in [5, 5.41) is 15.3. The highest BCUT2D eigenvalue weighted by atomic mass is 16.5. The summed E-state index contributed by atoms with van der Waals surface area (Å²) in [6.45, 7) is 6.90. The number of carboxylic acids is 1. The second-order valence-corrected chi connectivity index (χ2v) is 10.7. The van der Waals surface area contributed by atoms with Crippen molar-refractivity contribution in [2.75, 3.05) is 6.61 Å². The minimum absolute atomic E-state index is 0.00456. The SMILES string of the molecule is CC(C)(NC(=O)[C@@H]1CC[C@H](NC(=O)OCC2c3ccccc3-c3ccccc32)C1)C(C)(C)C(=O)O. The van der Waals surface area contributed by atoms with E-state index in [9.17, 15) is 19.5 Å². The molecule has 1 saturated carbocycles. The summed E-state index contributed by atoms with van der Waals surface area (Å²) >= 11 is 0. The van der Waals surface area contributed by atoms with E-state index in [1.165, 1.54) is 11.1 Å². The maximum absolute atomic E-state index is 12.8. The van der Waals surface area contributed by atoms with Crippen LogP contribution in [0.25, 0.3) is 11.1 Å². The molecule has 0 radical (unpaired) electrons. The van der Waals surface area contributed by atoms with Crippen LogP contribution in [-0.2, 0) is 14.3 Å². The normalized spacial score (nSPS) is 19.5. The molecule has 2 aliphatic carbocycles. The first-order chi connectivity index (χ1) is 16.5. The van der Waals surface area contributed by atoms with Gasteiger partial charge in [0.05, 0.1) is 5.41 Å². The third-order valence-corrected chi connectivity index (χ3v) is 8.00. The van der Waals surface area contributed by atoms with E-state index >= 15 is 0 Å². The molecule has 0 aromatic heterocycles. The molecular weight excluding hydrogens is 444 g/mol. The fourth-order valence-corrected chi connectivity index (χ4v) is 4.99. The molecule has 0 saturated heterocycles. The zero-order chi connectivity index (χ0) is 25.4. The van der Waals surface area contributed by atoms with Crippen molar-refractivity contribution in [3.8, 4) is 11.1 Å². The van der Waals surface area contributed by atoms with Gasteiger partial charge in [0, 0.05) is 23.4 Å². The molecule has 3 N–H and O–H groups in total. The molecule has 0 spiro atoms. The molecule has 7 nitrogen and oxygen atoms in total. The van der Waals surface area contributed by atoms with Gasteiger partial charge in [-0.2, -0.15) is 0 Å². The highest BCUT2D eigenvalue weighted by Gasteiger charge is 2.45. The molecule has 2 aliphatic rings. The van der Waals surface area contributed by atoms with Gasteiger partial charge in [-0.1, -0.05) is 48.5 Å². The van der Waals surface area contributed by atoms with Crippen LogP contribution < -0.4 is 10.6 Å². The predicted octanol–water partition coefficient (Wildman–Crippen LogP) is 4.70. The Bertz CT molecular complexity index is 1090. The van der Waals surface area contributed by atoms with Crippen molar-refractivity contribution in [1.82, 2.24) is 10.6 Å². The average Bonchev–Trinajstić information content (AvgIpc) is 3.40. The summed E-state index contributed by atoms with van der Waals surface area (Å²) < 4.78 is 5.63. The van der Waals surface area contributed by atoms with Crippen molar-refractivity contribution >= 4 is 18.0 Å². The van der Waals surface area contributed by atoms with Crippen LogP contribution in [0.1, 0.15) is 64.0 Å². The first kappa shape index (κ1) is 24.8. The summed E-state index contributed by atoms with van der Waals surface area (Å²) in [6, 6.07) is 16.2. The fraction of sp³-hybridized carbons (Fsp3) is 0.464. The first-order valence-electron chi connectivity index (χ1n) is 12.2. The van der Waals surface area contributed by atoms with Crippen LogP contribution in [0.15, 0.2) is 48.5 Å². The lowest BCUT2D eigenvalue weighted by Gasteiger charge is -2.39. The maximum Gasteiger partial charge on any atom is 0.407 e. The topological polar surface area (TPSA) is 105 Å². The van der Waals surface area contributed by atoms with Crippen LogP contribution >= 0.6 is 0 Å². The lowest BCUT2D eigenvalue weighted by Crippen LogP contribution is -2.58. The van der Waals surface area contributed by atoms with Crippen LogP contribution in [0.4, 0.5) is 4.79 Å². The number of carbonyl (C=O) groups is 3. The number of rotatable bonds is 7. The summed E-state index contributed by atoms with van der Waals surface area (Å²) in [6.07, 6.45) is 1.32. The molecule has 4 rings (SSSR count). The van der Waals surface area contributed by atoms with E-state index in [1.54, 1.807) is 27.7 Å². The number of alkyl carbamates (subject to hydrolysis) is 1. The van der Waals surface area contributed by atoms with Crippen LogP contribution in [0.2, 0.25) is 0 Å². The Morgan fingerprint density at radius 3 is 2.09 bits per heavy atom. The predicted molar refractivity (Wildman–Crippen MR) is 133 cm³/mol. The van der Waals surface area contributed by atoms with E-state index in [4.69, 9.17) is 4.74 Å². The number of aliphatic carboxylic acids is 1. The van der Waals surface area contributed by atoms with E-state index < -0.39 is 23.0 Å². The second-order valence-electron chi connectivity index (χ2n) is 10.7. The number of fused-ring (bicyclic) bond motifs is 3. The minimum atomic E-state index is -1.12. The molecule has 2 aromatic rings. The lowest BCUT2D eigenvalue weighted by atomic mass is 9.74. The number of carboxylic acid groups (broad SMARTS) is 1. The van der Waals surface area contributed by atoms with Crippen LogP contribution in [0, 0.1) is 11.3 Å². The summed E-state index contributed by atoms with van der Waals surface area (Å²) in [4.78, 5) is 37.1. The lowest BCUT2D eigenvalue weighted by molar-refractivity contribution is -0.152. The van der Waals surface area contributed by atoms with Crippen LogP contribution in [-0.4, -0.2) is 41.3 Å². The van der Waals surface area contributed by atoms with E-state index in [-0.39, 0.29) is 30.4 Å². The Hall–Kier alpha value is -3.35. The van der Waals surface area contributed by atoms with Gasteiger partial charge in [-0.3, -0.25) is 9.59 Å². The van der Waals surface area contributed by atoms with Gasteiger partial charge >= 0.3 is 12.1 Å². The molecule has 2 amide bonds. The minimum Gasteiger partial charge on any atom is -0.481 e. The summed E-state index contributed by atoms with van der Waals surface area (Å²) in [7, 11) is 0. The molecule has 0 bridgehead atoms. The molecule has 0 unspecified atom stereocenters. The third kappa shape index (κ3) is 4.77. The number of hydrogen-bond donors (Lipinski definition) is 3. The maximum atomic E-state index is 12.8. The van der Waals surface area contributed by atoms with Gasteiger partial charge in [0.15, 0.2) is 0 Å². The number of ether oxygens (including phenoxy) is 1. The number of amides is 2. The van der Waals surface area contributed by atoms with Crippen LogP contribution in [0.5, 0.6) is 0 Å². The van der Waals surface area contributed by atoms with Gasteiger partial charge < -0.3 is 20.5 Å².